The number of ether oxygens (including phenoxy) is 1. The van der Waals surface area contributed by atoms with Gasteiger partial charge in [-0.1, -0.05) is 0 Å². The van der Waals surface area contributed by atoms with Crippen molar-refractivity contribution in [2.45, 2.75) is 52.2 Å². The molecule has 1 fully saturated rings. The normalized spacial score (nSPS) is 16.6. The average molecular weight is 275 g/mol. The van der Waals surface area contributed by atoms with Crippen molar-refractivity contribution >= 4 is 5.78 Å². The van der Waals surface area contributed by atoms with E-state index in [-0.39, 0.29) is 11.9 Å². The number of Topliss-reactive ketones (excluding diaryl/α,β-unsaturated/α-hetero) is 1. The molecule has 0 spiro atoms. The van der Waals surface area contributed by atoms with Crippen LogP contribution in [-0.2, 0) is 0 Å². The van der Waals surface area contributed by atoms with Crippen molar-refractivity contribution < 1.29 is 9.53 Å². The summed E-state index contributed by atoms with van der Waals surface area (Å²) < 4.78 is 5.61. The molecule has 20 heavy (non-hydrogen) atoms. The third kappa shape index (κ3) is 3.21. The van der Waals surface area contributed by atoms with E-state index in [2.05, 4.69) is 4.90 Å². The van der Waals surface area contributed by atoms with Crippen molar-refractivity contribution in [3.05, 3.63) is 29.8 Å². The molecule has 1 aromatic rings. The number of hydrogen-bond donors (Lipinski definition) is 0. The van der Waals surface area contributed by atoms with Gasteiger partial charge in [0.25, 0.3) is 0 Å². The van der Waals surface area contributed by atoms with Gasteiger partial charge in [-0.3, -0.25) is 9.69 Å². The molecule has 3 nitrogen and oxygen atoms in total. The summed E-state index contributed by atoms with van der Waals surface area (Å²) in [6.07, 6.45) is 2.54. The van der Waals surface area contributed by atoms with E-state index in [1.54, 1.807) is 0 Å². The quantitative estimate of drug-likeness (QED) is 0.770. The van der Waals surface area contributed by atoms with Gasteiger partial charge in [0.15, 0.2) is 5.78 Å². The Bertz CT molecular complexity index is 456. The van der Waals surface area contributed by atoms with E-state index in [1.165, 1.54) is 12.8 Å². The Morgan fingerprint density at radius 3 is 2.20 bits per heavy atom. The average Bonchev–Trinajstić information content (AvgIpc) is 2.92. The minimum Gasteiger partial charge on any atom is -0.491 e. The molecule has 0 saturated carbocycles. The predicted octanol–water partition coefficient (Wildman–Crippen LogP) is 3.53. The Kier molecular flexibility index (Phi) is 4.48. The molecule has 0 amide bonds. The van der Waals surface area contributed by atoms with Crippen LogP contribution in [0.4, 0.5) is 0 Å². The minimum absolute atomic E-state index is 0.151. The van der Waals surface area contributed by atoms with Gasteiger partial charge in [-0.2, -0.15) is 0 Å². The number of carbonyl (C=O) groups is 1. The predicted molar refractivity (Wildman–Crippen MR) is 81.4 cm³/mol. The van der Waals surface area contributed by atoms with E-state index in [1.807, 2.05) is 52.0 Å². The summed E-state index contributed by atoms with van der Waals surface area (Å²) in [4.78, 5) is 15.0. The number of nitrogens with zero attached hydrogens (tertiary/aromatic N) is 1. The largest absolute Gasteiger partial charge is 0.491 e. The van der Waals surface area contributed by atoms with Gasteiger partial charge in [0.05, 0.1) is 11.6 Å². The van der Waals surface area contributed by atoms with Gasteiger partial charge in [-0.05, 0) is 77.9 Å². The highest BCUT2D eigenvalue weighted by molar-refractivity contribution is 6.02. The third-order valence-corrected chi connectivity index (χ3v) is 3.94. The van der Waals surface area contributed by atoms with Crippen LogP contribution in [0.25, 0.3) is 0 Å². The Morgan fingerprint density at radius 1 is 1.15 bits per heavy atom. The fourth-order valence-corrected chi connectivity index (χ4v) is 2.73. The molecule has 0 aromatic heterocycles. The van der Waals surface area contributed by atoms with E-state index in [0.717, 1.165) is 24.4 Å². The van der Waals surface area contributed by atoms with E-state index in [4.69, 9.17) is 4.74 Å². The first-order chi connectivity index (χ1) is 9.41. The van der Waals surface area contributed by atoms with Crippen LogP contribution in [0.3, 0.4) is 0 Å². The maximum absolute atomic E-state index is 12.7. The molecule has 0 unspecified atom stereocenters. The van der Waals surface area contributed by atoms with Crippen LogP contribution in [-0.4, -0.2) is 35.4 Å². The van der Waals surface area contributed by atoms with Crippen LogP contribution in [0, 0.1) is 0 Å². The summed E-state index contributed by atoms with van der Waals surface area (Å²) in [5.41, 5.74) is 0.342. The number of benzene rings is 1. The van der Waals surface area contributed by atoms with Crippen molar-refractivity contribution in [1.29, 1.82) is 0 Å². The lowest BCUT2D eigenvalue weighted by molar-refractivity contribution is 0.0702. The molecule has 3 heteroatoms. The number of rotatable bonds is 5. The van der Waals surface area contributed by atoms with Crippen LogP contribution >= 0.6 is 0 Å². The monoisotopic (exact) mass is 275 g/mol. The Balaban J connectivity index is 2.12. The molecule has 0 bridgehead atoms. The van der Waals surface area contributed by atoms with Crippen molar-refractivity contribution in [1.82, 2.24) is 4.90 Å². The summed E-state index contributed by atoms with van der Waals surface area (Å²) in [6.45, 7) is 10.1. The van der Waals surface area contributed by atoms with Gasteiger partial charge in [0.2, 0.25) is 0 Å². The van der Waals surface area contributed by atoms with Crippen LogP contribution in [0.1, 0.15) is 50.9 Å². The summed E-state index contributed by atoms with van der Waals surface area (Å²) >= 11 is 0. The number of ketones is 1. The lowest BCUT2D eigenvalue weighted by Crippen LogP contribution is -2.48. The van der Waals surface area contributed by atoms with Gasteiger partial charge in [0.1, 0.15) is 5.75 Å². The first kappa shape index (κ1) is 15.0. The zero-order valence-electron chi connectivity index (χ0n) is 13.0. The highest BCUT2D eigenvalue weighted by Gasteiger charge is 2.36. The van der Waals surface area contributed by atoms with E-state index in [9.17, 15) is 4.79 Å². The topological polar surface area (TPSA) is 29.5 Å². The van der Waals surface area contributed by atoms with Crippen molar-refractivity contribution in [2.24, 2.45) is 0 Å². The molecule has 1 aromatic carbocycles. The Morgan fingerprint density at radius 2 is 1.70 bits per heavy atom. The SMILES string of the molecule is CC(C)Oc1ccc(C(=O)C(C)(C)N2CCCC2)cc1. The van der Waals surface area contributed by atoms with E-state index < -0.39 is 5.54 Å². The number of likely N-dealkylation sites (tertiary alicyclic amines) is 1. The third-order valence-electron chi connectivity index (χ3n) is 3.94. The summed E-state index contributed by atoms with van der Waals surface area (Å²) in [5.74, 6) is 1.01. The maximum atomic E-state index is 12.7. The maximum Gasteiger partial charge on any atom is 0.182 e. The molecular formula is C17H25NO2. The molecule has 1 aliphatic rings. The molecule has 0 radical (unpaired) electrons. The second kappa shape index (κ2) is 5.96. The Labute approximate surface area is 121 Å². The molecule has 0 atom stereocenters. The molecule has 2 rings (SSSR count). The first-order valence-electron chi connectivity index (χ1n) is 7.48. The fraction of sp³-hybridized carbons (Fsp3) is 0.588. The van der Waals surface area contributed by atoms with Gasteiger partial charge in [0, 0.05) is 5.56 Å². The van der Waals surface area contributed by atoms with Gasteiger partial charge >= 0.3 is 0 Å². The van der Waals surface area contributed by atoms with Crippen LogP contribution in [0.2, 0.25) is 0 Å². The van der Waals surface area contributed by atoms with Crippen molar-refractivity contribution in [3.63, 3.8) is 0 Å². The standard InChI is InChI=1S/C17H25NO2/c1-13(2)20-15-9-7-14(8-10-15)16(19)17(3,4)18-11-5-6-12-18/h7-10,13H,5-6,11-12H2,1-4H3. The van der Waals surface area contributed by atoms with E-state index in [0.29, 0.717) is 0 Å². The molecule has 0 aliphatic carbocycles. The second-order valence-electron chi connectivity index (χ2n) is 6.27. The molecular weight excluding hydrogens is 250 g/mol. The first-order valence-corrected chi connectivity index (χ1v) is 7.48. The zero-order valence-corrected chi connectivity index (χ0v) is 13.0. The molecule has 1 saturated heterocycles. The van der Waals surface area contributed by atoms with Gasteiger partial charge in [-0.15, -0.1) is 0 Å². The zero-order chi connectivity index (χ0) is 14.8. The smallest absolute Gasteiger partial charge is 0.182 e. The number of hydrogen-bond acceptors (Lipinski definition) is 3. The molecule has 1 heterocycles. The van der Waals surface area contributed by atoms with Crippen molar-refractivity contribution in [2.75, 3.05) is 13.1 Å². The van der Waals surface area contributed by atoms with Gasteiger partial charge < -0.3 is 4.74 Å². The van der Waals surface area contributed by atoms with Gasteiger partial charge in [-0.25, -0.2) is 0 Å². The summed E-state index contributed by atoms with van der Waals surface area (Å²) in [6, 6.07) is 7.51. The molecule has 1 aliphatic heterocycles. The minimum atomic E-state index is -0.420. The molecule has 110 valence electrons. The van der Waals surface area contributed by atoms with Crippen LogP contribution in [0.15, 0.2) is 24.3 Å². The lowest BCUT2D eigenvalue weighted by Gasteiger charge is -2.33. The lowest BCUT2D eigenvalue weighted by atomic mass is 9.91. The number of carbonyl (C=O) groups excluding carboxylic acids is 1. The van der Waals surface area contributed by atoms with Crippen molar-refractivity contribution in [3.8, 4) is 5.75 Å². The fourth-order valence-electron chi connectivity index (χ4n) is 2.73. The second-order valence-corrected chi connectivity index (χ2v) is 6.27. The van der Waals surface area contributed by atoms with Crippen LogP contribution < -0.4 is 4.74 Å². The highest BCUT2D eigenvalue weighted by Crippen LogP contribution is 2.26. The van der Waals surface area contributed by atoms with E-state index >= 15 is 0 Å². The highest BCUT2D eigenvalue weighted by atomic mass is 16.5. The Hall–Kier alpha value is -1.35. The molecule has 0 N–H and O–H groups in total. The summed E-state index contributed by atoms with van der Waals surface area (Å²) in [7, 11) is 0. The summed E-state index contributed by atoms with van der Waals surface area (Å²) in [5, 5.41) is 0. The van der Waals surface area contributed by atoms with Crippen LogP contribution in [0.5, 0.6) is 5.75 Å².